The fourth-order valence-corrected chi connectivity index (χ4v) is 3.09. The summed E-state index contributed by atoms with van der Waals surface area (Å²) in [6, 6.07) is 17.7. The van der Waals surface area contributed by atoms with Crippen LogP contribution in [0.15, 0.2) is 54.6 Å². The van der Waals surface area contributed by atoms with Crippen LogP contribution in [-0.2, 0) is 5.75 Å². The van der Waals surface area contributed by atoms with E-state index in [-0.39, 0.29) is 11.7 Å². The average molecular weight is 300 g/mol. The second-order valence-corrected chi connectivity index (χ2v) is 6.02. The molecule has 0 bridgehead atoms. The summed E-state index contributed by atoms with van der Waals surface area (Å²) in [5.74, 6) is 2.77. The van der Waals surface area contributed by atoms with Gasteiger partial charge < -0.3 is 4.74 Å². The van der Waals surface area contributed by atoms with Crippen molar-refractivity contribution in [2.45, 2.75) is 12.7 Å². The van der Waals surface area contributed by atoms with Gasteiger partial charge in [-0.25, -0.2) is 0 Å². The standard InChI is InChI=1S/C18H20O2S/c1-14(12-21-13-15-6-4-3-5-7-15)18(19)16-8-10-17(20-2)11-9-16/h3-11,14H,12-13H2,1-2H3/t14-/m0/s1. The zero-order valence-electron chi connectivity index (χ0n) is 12.4. The molecule has 0 fully saturated rings. The van der Waals surface area contributed by atoms with E-state index in [4.69, 9.17) is 4.74 Å². The Morgan fingerprint density at radius 1 is 1.10 bits per heavy atom. The number of methoxy groups -OCH3 is 1. The monoisotopic (exact) mass is 300 g/mol. The maximum Gasteiger partial charge on any atom is 0.166 e. The molecule has 2 aromatic carbocycles. The van der Waals surface area contributed by atoms with Crippen molar-refractivity contribution in [3.63, 3.8) is 0 Å². The first-order chi connectivity index (χ1) is 10.2. The molecule has 0 aliphatic heterocycles. The van der Waals surface area contributed by atoms with Gasteiger partial charge in [-0.1, -0.05) is 37.3 Å². The van der Waals surface area contributed by atoms with Crippen LogP contribution < -0.4 is 4.74 Å². The number of ketones is 1. The molecule has 0 N–H and O–H groups in total. The highest BCUT2D eigenvalue weighted by atomic mass is 32.2. The Morgan fingerprint density at radius 2 is 1.76 bits per heavy atom. The normalized spacial score (nSPS) is 11.9. The summed E-state index contributed by atoms with van der Waals surface area (Å²) >= 11 is 1.80. The average Bonchev–Trinajstić information content (AvgIpc) is 2.55. The summed E-state index contributed by atoms with van der Waals surface area (Å²) < 4.78 is 5.11. The van der Waals surface area contributed by atoms with E-state index >= 15 is 0 Å². The maximum atomic E-state index is 12.3. The van der Waals surface area contributed by atoms with Crippen molar-refractivity contribution in [3.05, 3.63) is 65.7 Å². The number of benzene rings is 2. The number of rotatable bonds is 7. The minimum atomic E-state index is 0.0205. The van der Waals surface area contributed by atoms with E-state index < -0.39 is 0 Å². The zero-order valence-corrected chi connectivity index (χ0v) is 13.2. The third-order valence-corrected chi connectivity index (χ3v) is 4.57. The van der Waals surface area contributed by atoms with E-state index in [0.29, 0.717) is 0 Å². The van der Waals surface area contributed by atoms with Gasteiger partial charge >= 0.3 is 0 Å². The van der Waals surface area contributed by atoms with Crippen LogP contribution in [0.4, 0.5) is 0 Å². The van der Waals surface area contributed by atoms with Crippen LogP contribution in [0.3, 0.4) is 0 Å². The molecular weight excluding hydrogens is 280 g/mol. The minimum Gasteiger partial charge on any atom is -0.497 e. The second-order valence-electron chi connectivity index (χ2n) is 4.99. The molecule has 1 atom stereocenters. The first-order valence-electron chi connectivity index (χ1n) is 7.00. The van der Waals surface area contributed by atoms with E-state index in [0.717, 1.165) is 22.8 Å². The molecule has 0 amide bonds. The van der Waals surface area contributed by atoms with Crippen LogP contribution in [0.25, 0.3) is 0 Å². The second kappa shape index (κ2) is 7.89. The van der Waals surface area contributed by atoms with Crippen LogP contribution in [0.5, 0.6) is 5.75 Å². The Hall–Kier alpha value is -1.74. The topological polar surface area (TPSA) is 26.3 Å². The Balaban J connectivity index is 1.84. The number of hydrogen-bond acceptors (Lipinski definition) is 3. The lowest BCUT2D eigenvalue weighted by Gasteiger charge is -2.10. The third kappa shape index (κ3) is 4.64. The van der Waals surface area contributed by atoms with Gasteiger partial charge in [-0.05, 0) is 29.8 Å². The summed E-state index contributed by atoms with van der Waals surface area (Å²) in [6.07, 6.45) is 0. The number of thioether (sulfide) groups is 1. The number of carbonyl (C=O) groups excluding carboxylic acids is 1. The molecular formula is C18H20O2S. The molecule has 110 valence electrons. The van der Waals surface area contributed by atoms with Gasteiger partial charge in [0.1, 0.15) is 5.75 Å². The van der Waals surface area contributed by atoms with Crippen molar-refractivity contribution in [2.75, 3.05) is 12.9 Å². The molecule has 2 nitrogen and oxygen atoms in total. The van der Waals surface area contributed by atoms with Crippen molar-refractivity contribution in [3.8, 4) is 5.75 Å². The van der Waals surface area contributed by atoms with Crippen LogP contribution >= 0.6 is 11.8 Å². The summed E-state index contributed by atoms with van der Waals surface area (Å²) in [6.45, 7) is 1.99. The SMILES string of the molecule is COc1ccc(C(=O)[C@@H](C)CSCc2ccccc2)cc1. The Labute approximate surface area is 130 Å². The molecule has 0 aliphatic carbocycles. The van der Waals surface area contributed by atoms with Gasteiger partial charge in [0.05, 0.1) is 7.11 Å². The molecule has 0 aliphatic rings. The predicted molar refractivity (Wildman–Crippen MR) is 89.1 cm³/mol. The van der Waals surface area contributed by atoms with Crippen molar-refractivity contribution in [1.29, 1.82) is 0 Å². The lowest BCUT2D eigenvalue weighted by Crippen LogP contribution is -2.13. The lowest BCUT2D eigenvalue weighted by molar-refractivity contribution is 0.0942. The van der Waals surface area contributed by atoms with Crippen LogP contribution in [0, 0.1) is 5.92 Å². The van der Waals surface area contributed by atoms with E-state index in [1.165, 1.54) is 5.56 Å². The van der Waals surface area contributed by atoms with Gasteiger partial charge in [-0.15, -0.1) is 0 Å². The molecule has 0 heterocycles. The van der Waals surface area contributed by atoms with E-state index in [1.54, 1.807) is 18.9 Å². The quantitative estimate of drug-likeness (QED) is 0.707. The third-order valence-electron chi connectivity index (χ3n) is 3.30. The van der Waals surface area contributed by atoms with Gasteiger partial charge in [-0.3, -0.25) is 4.79 Å². The molecule has 2 aromatic rings. The predicted octanol–water partition coefficient (Wildman–Crippen LogP) is 4.45. The number of carbonyl (C=O) groups is 1. The zero-order chi connectivity index (χ0) is 15.1. The summed E-state index contributed by atoms with van der Waals surface area (Å²) in [5.41, 5.74) is 2.05. The largest absolute Gasteiger partial charge is 0.497 e. The fourth-order valence-electron chi connectivity index (χ4n) is 2.04. The molecule has 0 aromatic heterocycles. The van der Waals surface area contributed by atoms with Crippen molar-refractivity contribution < 1.29 is 9.53 Å². The van der Waals surface area contributed by atoms with Gasteiger partial charge in [0.2, 0.25) is 0 Å². The maximum absolute atomic E-state index is 12.3. The van der Waals surface area contributed by atoms with Crippen molar-refractivity contribution >= 4 is 17.5 Å². The minimum absolute atomic E-state index is 0.0205. The molecule has 0 saturated carbocycles. The number of Topliss-reactive ketones (excluding diaryl/α,β-unsaturated/α-hetero) is 1. The van der Waals surface area contributed by atoms with E-state index in [1.807, 2.05) is 49.4 Å². The lowest BCUT2D eigenvalue weighted by atomic mass is 10.0. The molecule has 0 radical (unpaired) electrons. The Morgan fingerprint density at radius 3 is 2.38 bits per heavy atom. The summed E-state index contributed by atoms with van der Waals surface area (Å²) in [4.78, 5) is 12.3. The van der Waals surface area contributed by atoms with Crippen LogP contribution in [0.1, 0.15) is 22.8 Å². The Bertz CT molecular complexity index is 564. The van der Waals surface area contributed by atoms with Crippen molar-refractivity contribution in [2.24, 2.45) is 5.92 Å². The highest BCUT2D eigenvalue weighted by Gasteiger charge is 2.15. The highest BCUT2D eigenvalue weighted by molar-refractivity contribution is 7.98. The molecule has 3 heteroatoms. The number of hydrogen-bond donors (Lipinski definition) is 0. The van der Waals surface area contributed by atoms with Gasteiger partial charge in [0, 0.05) is 23.0 Å². The van der Waals surface area contributed by atoms with E-state index in [2.05, 4.69) is 12.1 Å². The smallest absolute Gasteiger partial charge is 0.166 e. The number of ether oxygens (including phenoxy) is 1. The van der Waals surface area contributed by atoms with Gasteiger partial charge in [-0.2, -0.15) is 11.8 Å². The molecule has 0 saturated heterocycles. The van der Waals surface area contributed by atoms with Crippen LogP contribution in [0.2, 0.25) is 0 Å². The molecule has 0 unspecified atom stereocenters. The van der Waals surface area contributed by atoms with Crippen molar-refractivity contribution in [1.82, 2.24) is 0 Å². The van der Waals surface area contributed by atoms with E-state index in [9.17, 15) is 4.79 Å². The molecule has 21 heavy (non-hydrogen) atoms. The fraction of sp³-hybridized carbons (Fsp3) is 0.278. The molecule has 0 spiro atoms. The summed E-state index contributed by atoms with van der Waals surface area (Å²) in [5, 5.41) is 0. The first kappa shape index (κ1) is 15.6. The summed E-state index contributed by atoms with van der Waals surface area (Å²) in [7, 11) is 1.62. The van der Waals surface area contributed by atoms with Gasteiger partial charge in [0.15, 0.2) is 5.78 Å². The molecule has 2 rings (SSSR count). The van der Waals surface area contributed by atoms with Gasteiger partial charge in [0.25, 0.3) is 0 Å². The Kier molecular flexibility index (Phi) is 5.88. The first-order valence-corrected chi connectivity index (χ1v) is 8.16. The van der Waals surface area contributed by atoms with Crippen LogP contribution in [-0.4, -0.2) is 18.6 Å². The highest BCUT2D eigenvalue weighted by Crippen LogP contribution is 2.19.